The average molecular weight is 235 g/mol. The van der Waals surface area contributed by atoms with Gasteiger partial charge in [0.1, 0.15) is 12.2 Å². The molecule has 16 heavy (non-hydrogen) atoms. The first kappa shape index (κ1) is 11.2. The number of alkyl halides is 3. The third-order valence-electron chi connectivity index (χ3n) is 2.40. The van der Waals surface area contributed by atoms with Crippen molar-refractivity contribution in [2.45, 2.75) is 25.1 Å². The highest BCUT2D eigenvalue weighted by Crippen LogP contribution is 2.21. The maximum absolute atomic E-state index is 12.1. The standard InChI is InChI=1S/C8H12F3N5/c9-8(10,11)3-6-13-7(15-14-6)16-2-1-5(12)4-16/h5H,1-4,12H2,(H,13,14,15). The number of nitrogens with zero attached hydrogens (tertiary/aromatic N) is 3. The molecule has 1 aliphatic heterocycles. The van der Waals surface area contributed by atoms with Gasteiger partial charge in [-0.2, -0.15) is 18.2 Å². The second kappa shape index (κ2) is 3.93. The molecule has 0 aliphatic carbocycles. The summed E-state index contributed by atoms with van der Waals surface area (Å²) in [6.07, 6.45) is -4.54. The van der Waals surface area contributed by atoms with Crippen molar-refractivity contribution in [3.63, 3.8) is 0 Å². The normalized spacial score (nSPS) is 21.8. The predicted molar refractivity (Wildman–Crippen MR) is 50.9 cm³/mol. The third-order valence-corrected chi connectivity index (χ3v) is 2.40. The molecule has 5 nitrogen and oxygen atoms in total. The topological polar surface area (TPSA) is 70.8 Å². The van der Waals surface area contributed by atoms with Crippen LogP contribution >= 0.6 is 0 Å². The van der Waals surface area contributed by atoms with E-state index >= 15 is 0 Å². The minimum absolute atomic E-state index is 0.0459. The molecule has 2 heterocycles. The van der Waals surface area contributed by atoms with E-state index < -0.39 is 12.6 Å². The second-order valence-corrected chi connectivity index (χ2v) is 3.87. The Labute approximate surface area is 89.8 Å². The molecule has 0 bridgehead atoms. The second-order valence-electron chi connectivity index (χ2n) is 3.87. The Kier molecular flexibility index (Phi) is 2.75. The fourth-order valence-corrected chi connectivity index (χ4v) is 1.66. The molecule has 1 fully saturated rings. The molecule has 0 spiro atoms. The van der Waals surface area contributed by atoms with Crippen LogP contribution in [0.25, 0.3) is 0 Å². The molecule has 1 aliphatic rings. The van der Waals surface area contributed by atoms with Crippen LogP contribution in [0.2, 0.25) is 0 Å². The van der Waals surface area contributed by atoms with Gasteiger partial charge in [0, 0.05) is 19.1 Å². The van der Waals surface area contributed by atoms with Crippen molar-refractivity contribution in [2.75, 3.05) is 18.0 Å². The van der Waals surface area contributed by atoms with Crippen LogP contribution in [0, 0.1) is 0 Å². The maximum atomic E-state index is 12.1. The Morgan fingerprint density at radius 2 is 2.25 bits per heavy atom. The van der Waals surface area contributed by atoms with E-state index in [1.165, 1.54) is 0 Å². The van der Waals surface area contributed by atoms with Crippen LogP contribution in [0.3, 0.4) is 0 Å². The van der Waals surface area contributed by atoms with Crippen LogP contribution in [0.5, 0.6) is 0 Å². The van der Waals surface area contributed by atoms with E-state index in [2.05, 4.69) is 15.2 Å². The van der Waals surface area contributed by atoms with Crippen molar-refractivity contribution in [1.29, 1.82) is 0 Å². The summed E-state index contributed by atoms with van der Waals surface area (Å²) in [5, 5.41) is 6.04. The molecule has 0 amide bonds. The number of aromatic nitrogens is 3. The van der Waals surface area contributed by atoms with Gasteiger partial charge in [-0.05, 0) is 6.42 Å². The summed E-state index contributed by atoms with van der Waals surface area (Å²) in [5.41, 5.74) is 5.68. The molecule has 90 valence electrons. The summed E-state index contributed by atoms with van der Waals surface area (Å²) in [6, 6.07) is 0.0459. The molecule has 1 saturated heterocycles. The fourth-order valence-electron chi connectivity index (χ4n) is 1.66. The van der Waals surface area contributed by atoms with E-state index in [1.807, 2.05) is 0 Å². The molecule has 0 aromatic carbocycles. The van der Waals surface area contributed by atoms with Crippen LogP contribution in [0.4, 0.5) is 19.1 Å². The van der Waals surface area contributed by atoms with E-state index in [9.17, 15) is 13.2 Å². The molecule has 0 radical (unpaired) electrons. The number of nitrogens with two attached hydrogens (primary N) is 1. The summed E-state index contributed by atoms with van der Waals surface area (Å²) in [5.74, 6) is 0.134. The molecular weight excluding hydrogens is 223 g/mol. The van der Waals surface area contributed by atoms with Gasteiger partial charge in [0.05, 0.1) is 0 Å². The van der Waals surface area contributed by atoms with Gasteiger partial charge in [-0.3, -0.25) is 5.10 Å². The first-order chi connectivity index (χ1) is 7.44. The van der Waals surface area contributed by atoms with E-state index in [1.54, 1.807) is 4.90 Å². The quantitative estimate of drug-likeness (QED) is 0.780. The Hall–Kier alpha value is -1.31. The molecule has 1 aromatic rings. The van der Waals surface area contributed by atoms with Gasteiger partial charge in [-0.25, -0.2) is 0 Å². The lowest BCUT2D eigenvalue weighted by molar-refractivity contribution is -0.128. The number of anilines is 1. The van der Waals surface area contributed by atoms with E-state index in [-0.39, 0.29) is 11.9 Å². The Morgan fingerprint density at radius 3 is 2.81 bits per heavy atom. The number of hydrogen-bond acceptors (Lipinski definition) is 4. The lowest BCUT2D eigenvalue weighted by Gasteiger charge is -2.11. The Bertz CT molecular complexity index is 361. The zero-order valence-corrected chi connectivity index (χ0v) is 8.46. The van der Waals surface area contributed by atoms with Crippen molar-refractivity contribution in [3.8, 4) is 0 Å². The fraction of sp³-hybridized carbons (Fsp3) is 0.750. The van der Waals surface area contributed by atoms with Crippen molar-refractivity contribution >= 4 is 5.95 Å². The Morgan fingerprint density at radius 1 is 1.50 bits per heavy atom. The zero-order chi connectivity index (χ0) is 11.8. The van der Waals surface area contributed by atoms with Crippen molar-refractivity contribution in [1.82, 2.24) is 15.2 Å². The minimum Gasteiger partial charge on any atom is -0.338 e. The monoisotopic (exact) mass is 235 g/mol. The molecular formula is C8H12F3N5. The Balaban J connectivity index is 2.02. The number of hydrogen-bond donors (Lipinski definition) is 2. The largest absolute Gasteiger partial charge is 0.396 e. The van der Waals surface area contributed by atoms with E-state index in [0.717, 1.165) is 6.42 Å². The summed E-state index contributed by atoms with van der Waals surface area (Å²) in [7, 11) is 0. The number of aromatic amines is 1. The van der Waals surface area contributed by atoms with Crippen LogP contribution in [-0.4, -0.2) is 40.5 Å². The molecule has 1 aromatic heterocycles. The van der Waals surface area contributed by atoms with Crippen LogP contribution in [-0.2, 0) is 6.42 Å². The van der Waals surface area contributed by atoms with Crippen molar-refractivity contribution in [3.05, 3.63) is 5.82 Å². The number of rotatable bonds is 2. The summed E-state index contributed by atoms with van der Waals surface area (Å²) >= 11 is 0. The van der Waals surface area contributed by atoms with Crippen LogP contribution in [0.1, 0.15) is 12.2 Å². The maximum Gasteiger partial charge on any atom is 0.396 e. The van der Waals surface area contributed by atoms with Gasteiger partial charge in [0.15, 0.2) is 0 Å². The lowest BCUT2D eigenvalue weighted by atomic mass is 10.3. The molecule has 1 atom stereocenters. The summed E-state index contributed by atoms with van der Waals surface area (Å²) in [6.45, 7) is 1.27. The van der Waals surface area contributed by atoms with Gasteiger partial charge in [-0.15, -0.1) is 5.10 Å². The van der Waals surface area contributed by atoms with Gasteiger partial charge >= 0.3 is 6.18 Å². The highest BCUT2D eigenvalue weighted by Gasteiger charge is 2.30. The van der Waals surface area contributed by atoms with Gasteiger partial charge < -0.3 is 10.6 Å². The molecule has 0 saturated carbocycles. The van der Waals surface area contributed by atoms with Crippen LogP contribution in [0.15, 0.2) is 0 Å². The van der Waals surface area contributed by atoms with E-state index in [4.69, 9.17) is 5.73 Å². The van der Waals surface area contributed by atoms with Crippen molar-refractivity contribution < 1.29 is 13.2 Å². The molecule has 8 heteroatoms. The SMILES string of the molecule is NC1CCN(c2n[nH]c(CC(F)(F)F)n2)C1. The summed E-state index contributed by atoms with van der Waals surface area (Å²) < 4.78 is 36.2. The van der Waals surface area contributed by atoms with Gasteiger partial charge in [0.2, 0.25) is 5.95 Å². The minimum atomic E-state index is -4.27. The smallest absolute Gasteiger partial charge is 0.338 e. The first-order valence-electron chi connectivity index (χ1n) is 4.92. The molecule has 3 N–H and O–H groups in total. The average Bonchev–Trinajstić information content (AvgIpc) is 2.71. The highest BCUT2D eigenvalue weighted by molar-refractivity contribution is 5.31. The molecule has 2 rings (SSSR count). The third kappa shape index (κ3) is 2.63. The highest BCUT2D eigenvalue weighted by atomic mass is 19.4. The number of nitrogens with one attached hydrogen (secondary N) is 1. The first-order valence-corrected chi connectivity index (χ1v) is 4.92. The zero-order valence-electron chi connectivity index (χ0n) is 8.46. The lowest BCUT2D eigenvalue weighted by Crippen LogP contribution is -2.27. The predicted octanol–water partition coefficient (Wildman–Crippen LogP) is 0.447. The summed E-state index contributed by atoms with van der Waals surface area (Å²) in [4.78, 5) is 5.57. The van der Waals surface area contributed by atoms with Crippen molar-refractivity contribution in [2.24, 2.45) is 5.73 Å². The van der Waals surface area contributed by atoms with E-state index in [0.29, 0.717) is 19.0 Å². The number of H-pyrrole nitrogens is 1. The molecule has 1 unspecified atom stereocenters. The number of halogens is 3. The van der Waals surface area contributed by atoms with Crippen LogP contribution < -0.4 is 10.6 Å². The van der Waals surface area contributed by atoms with Gasteiger partial charge in [0.25, 0.3) is 0 Å². The van der Waals surface area contributed by atoms with Gasteiger partial charge in [-0.1, -0.05) is 0 Å².